The molecule has 3 heterocycles. The van der Waals surface area contributed by atoms with Crippen molar-refractivity contribution in [3.05, 3.63) is 16.6 Å². The van der Waals surface area contributed by atoms with E-state index in [4.69, 9.17) is 9.47 Å². The normalized spacial score (nSPS) is 27.8. The molecule has 0 saturated carbocycles. The molecule has 0 aromatic carbocycles. The average Bonchev–Trinajstić information content (AvgIpc) is 3.17. The third kappa shape index (κ3) is 4.29. The number of hydrogen-bond acceptors (Lipinski definition) is 6. The van der Waals surface area contributed by atoms with Crippen LogP contribution < -0.4 is 0 Å². The van der Waals surface area contributed by atoms with Gasteiger partial charge in [-0.05, 0) is 19.3 Å². The Morgan fingerprint density at radius 1 is 1.48 bits per heavy atom. The molecule has 3 atom stereocenters. The Labute approximate surface area is 141 Å². The number of rotatable bonds is 6. The van der Waals surface area contributed by atoms with Gasteiger partial charge in [-0.2, -0.15) is 0 Å². The first-order valence-corrected chi connectivity index (χ1v) is 9.07. The number of likely N-dealkylation sites (N-methyl/N-ethyl adjacent to an activating group) is 1. The van der Waals surface area contributed by atoms with Crippen LogP contribution >= 0.6 is 11.3 Å². The summed E-state index contributed by atoms with van der Waals surface area (Å²) in [5.41, 5.74) is 0. The third-order valence-corrected chi connectivity index (χ3v) is 5.36. The van der Waals surface area contributed by atoms with Crippen LogP contribution in [0.5, 0.6) is 0 Å². The van der Waals surface area contributed by atoms with Gasteiger partial charge in [-0.15, -0.1) is 11.3 Å². The molecule has 3 rings (SSSR count). The van der Waals surface area contributed by atoms with Crippen LogP contribution in [0.3, 0.4) is 0 Å². The van der Waals surface area contributed by atoms with Crippen LogP contribution in [0, 0.1) is 0 Å². The van der Waals surface area contributed by atoms with E-state index in [2.05, 4.69) is 9.88 Å². The first-order chi connectivity index (χ1) is 11.1. The van der Waals surface area contributed by atoms with Gasteiger partial charge in [0.2, 0.25) is 5.91 Å². The molecule has 2 aliphatic heterocycles. The van der Waals surface area contributed by atoms with E-state index in [0.29, 0.717) is 18.8 Å². The first-order valence-electron chi connectivity index (χ1n) is 8.19. The number of likely N-dealkylation sites (tertiary alicyclic amines) is 1. The number of nitrogens with zero attached hydrogens (tertiary/aromatic N) is 3. The van der Waals surface area contributed by atoms with Crippen LogP contribution in [0.25, 0.3) is 0 Å². The van der Waals surface area contributed by atoms with Gasteiger partial charge >= 0.3 is 0 Å². The summed E-state index contributed by atoms with van der Waals surface area (Å²) in [4.78, 5) is 19.9. The summed E-state index contributed by atoms with van der Waals surface area (Å²) in [6, 6.07) is 0.499. The minimum atomic E-state index is -0.00539. The highest BCUT2D eigenvalue weighted by molar-refractivity contribution is 7.09. The third-order valence-electron chi connectivity index (χ3n) is 4.60. The number of carbonyl (C=O) groups is 1. The minimum absolute atomic E-state index is 0.00539. The molecule has 7 heteroatoms. The van der Waals surface area contributed by atoms with Gasteiger partial charge < -0.3 is 14.4 Å². The molecule has 2 fully saturated rings. The second-order valence-corrected chi connectivity index (χ2v) is 7.41. The maximum Gasteiger partial charge on any atom is 0.248 e. The molecule has 0 spiro atoms. The van der Waals surface area contributed by atoms with Gasteiger partial charge in [0.05, 0.1) is 25.4 Å². The highest BCUT2D eigenvalue weighted by atomic mass is 32.1. The van der Waals surface area contributed by atoms with Gasteiger partial charge in [-0.1, -0.05) is 0 Å². The zero-order chi connectivity index (χ0) is 16.2. The zero-order valence-corrected chi connectivity index (χ0v) is 14.6. The quantitative estimate of drug-likeness (QED) is 0.783. The monoisotopic (exact) mass is 339 g/mol. The predicted molar refractivity (Wildman–Crippen MR) is 88.3 cm³/mol. The lowest BCUT2D eigenvalue weighted by molar-refractivity contribution is -0.138. The number of hydrogen-bond donors (Lipinski definition) is 0. The first kappa shape index (κ1) is 16.8. The molecular formula is C16H25N3O3S. The van der Waals surface area contributed by atoms with Crippen molar-refractivity contribution in [2.75, 3.05) is 33.9 Å². The lowest BCUT2D eigenvalue weighted by atomic mass is 9.99. The van der Waals surface area contributed by atoms with Gasteiger partial charge in [0, 0.05) is 38.3 Å². The molecule has 0 N–H and O–H groups in total. The maximum absolute atomic E-state index is 11.5. The summed E-state index contributed by atoms with van der Waals surface area (Å²) < 4.78 is 11.7. The fourth-order valence-corrected chi connectivity index (χ4v) is 3.96. The van der Waals surface area contributed by atoms with E-state index >= 15 is 0 Å². The SMILES string of the molecule is CN(C)C(=O)COC[C@@H]1CC[C@@H]2[C@@H](CCN2Cc2nccs2)O1. The summed E-state index contributed by atoms with van der Waals surface area (Å²) in [7, 11) is 3.48. The number of ether oxygens (including phenoxy) is 2. The van der Waals surface area contributed by atoms with Gasteiger partial charge in [-0.25, -0.2) is 4.98 Å². The summed E-state index contributed by atoms with van der Waals surface area (Å²) in [6.45, 7) is 2.65. The van der Waals surface area contributed by atoms with Crippen molar-refractivity contribution in [3.8, 4) is 0 Å². The Hall–Kier alpha value is -1.02. The van der Waals surface area contributed by atoms with E-state index in [9.17, 15) is 4.79 Å². The Balaban J connectivity index is 1.42. The fraction of sp³-hybridized carbons (Fsp3) is 0.750. The van der Waals surface area contributed by atoms with Crippen LogP contribution in [0.1, 0.15) is 24.3 Å². The van der Waals surface area contributed by atoms with Gasteiger partial charge in [-0.3, -0.25) is 9.69 Å². The molecule has 1 aromatic heterocycles. The molecular weight excluding hydrogens is 314 g/mol. The topological polar surface area (TPSA) is 54.9 Å². The average molecular weight is 339 g/mol. The van der Waals surface area contributed by atoms with Crippen molar-refractivity contribution in [2.45, 2.75) is 44.1 Å². The smallest absolute Gasteiger partial charge is 0.248 e. The lowest BCUT2D eigenvalue weighted by Gasteiger charge is -2.35. The number of fused-ring (bicyclic) bond motifs is 1. The summed E-state index contributed by atoms with van der Waals surface area (Å²) >= 11 is 1.72. The number of thiazole rings is 1. The summed E-state index contributed by atoms with van der Waals surface area (Å²) in [6.07, 6.45) is 5.47. The minimum Gasteiger partial charge on any atom is -0.371 e. The van der Waals surface area contributed by atoms with Crippen LogP contribution in [0.4, 0.5) is 0 Å². The Kier molecular flexibility index (Phi) is 5.63. The van der Waals surface area contributed by atoms with E-state index in [1.165, 1.54) is 5.01 Å². The summed E-state index contributed by atoms with van der Waals surface area (Å²) in [5, 5.41) is 3.21. The Morgan fingerprint density at radius 2 is 2.35 bits per heavy atom. The van der Waals surface area contributed by atoms with Crippen LogP contribution in [-0.4, -0.2) is 72.8 Å². The van der Waals surface area contributed by atoms with Gasteiger partial charge in [0.15, 0.2) is 0 Å². The molecule has 1 amide bonds. The molecule has 23 heavy (non-hydrogen) atoms. The molecule has 2 saturated heterocycles. The molecule has 0 radical (unpaired) electrons. The van der Waals surface area contributed by atoms with E-state index < -0.39 is 0 Å². The molecule has 6 nitrogen and oxygen atoms in total. The molecule has 0 unspecified atom stereocenters. The van der Waals surface area contributed by atoms with E-state index in [1.807, 2.05) is 11.6 Å². The van der Waals surface area contributed by atoms with Crippen molar-refractivity contribution in [2.24, 2.45) is 0 Å². The van der Waals surface area contributed by atoms with Crippen LogP contribution in [0.15, 0.2) is 11.6 Å². The summed E-state index contributed by atoms with van der Waals surface area (Å²) in [5.74, 6) is -0.00539. The molecule has 2 aliphatic rings. The largest absolute Gasteiger partial charge is 0.371 e. The van der Waals surface area contributed by atoms with Crippen molar-refractivity contribution in [3.63, 3.8) is 0 Å². The standard InChI is InChI=1S/C16H25N3O3S/c1-18(2)16(20)11-21-10-12-3-4-13-14(22-12)5-7-19(13)9-15-17-6-8-23-15/h6,8,12-14H,3-5,7,9-11H2,1-2H3/t12-,13+,14+/m0/s1. The van der Waals surface area contributed by atoms with Crippen molar-refractivity contribution in [1.29, 1.82) is 0 Å². The van der Waals surface area contributed by atoms with Crippen molar-refractivity contribution in [1.82, 2.24) is 14.8 Å². The van der Waals surface area contributed by atoms with E-state index in [1.54, 1.807) is 30.3 Å². The second kappa shape index (κ2) is 7.70. The predicted octanol–water partition coefficient (Wildman–Crippen LogP) is 1.37. The fourth-order valence-electron chi connectivity index (χ4n) is 3.32. The molecule has 128 valence electrons. The van der Waals surface area contributed by atoms with Crippen LogP contribution in [0.2, 0.25) is 0 Å². The molecule has 0 aliphatic carbocycles. The second-order valence-electron chi connectivity index (χ2n) is 6.43. The molecule has 0 bridgehead atoms. The molecule has 1 aromatic rings. The van der Waals surface area contributed by atoms with Crippen molar-refractivity contribution >= 4 is 17.2 Å². The zero-order valence-electron chi connectivity index (χ0n) is 13.8. The van der Waals surface area contributed by atoms with E-state index in [0.717, 1.165) is 32.4 Å². The number of amides is 1. The number of carbonyl (C=O) groups excluding carboxylic acids is 1. The highest BCUT2D eigenvalue weighted by Crippen LogP contribution is 2.32. The van der Waals surface area contributed by atoms with Crippen molar-refractivity contribution < 1.29 is 14.3 Å². The van der Waals surface area contributed by atoms with Crippen LogP contribution in [-0.2, 0) is 20.8 Å². The number of aromatic nitrogens is 1. The lowest BCUT2D eigenvalue weighted by Crippen LogP contribution is -2.43. The van der Waals surface area contributed by atoms with Gasteiger partial charge in [0.1, 0.15) is 11.6 Å². The highest BCUT2D eigenvalue weighted by Gasteiger charge is 2.39. The Bertz CT molecular complexity index is 509. The Morgan fingerprint density at radius 3 is 3.09 bits per heavy atom. The maximum atomic E-state index is 11.5. The van der Waals surface area contributed by atoms with Gasteiger partial charge in [0.25, 0.3) is 0 Å². The van der Waals surface area contributed by atoms with E-state index in [-0.39, 0.29) is 18.6 Å².